The van der Waals surface area contributed by atoms with Crippen LogP contribution in [0.15, 0.2) is 50.8 Å². The second kappa shape index (κ2) is 9.01. The molecule has 8 nitrogen and oxygen atoms in total. The lowest BCUT2D eigenvalue weighted by Crippen LogP contribution is -2.46. The Morgan fingerprint density at radius 3 is 2.68 bits per heavy atom. The third-order valence-corrected chi connectivity index (χ3v) is 7.13. The summed E-state index contributed by atoms with van der Waals surface area (Å²) in [6.45, 7) is 7.36. The summed E-state index contributed by atoms with van der Waals surface area (Å²) >= 11 is 6.64. The van der Waals surface area contributed by atoms with E-state index in [1.165, 1.54) is 21.1 Å². The molecule has 5 rings (SSSR count). The van der Waals surface area contributed by atoms with Crippen molar-refractivity contribution in [1.29, 1.82) is 0 Å². The van der Waals surface area contributed by atoms with Gasteiger partial charge in [0.25, 0.3) is 11.5 Å². The van der Waals surface area contributed by atoms with Crippen LogP contribution in [0.4, 0.5) is 5.82 Å². The van der Waals surface area contributed by atoms with Crippen molar-refractivity contribution in [2.24, 2.45) is 0 Å². The quantitative estimate of drug-likeness (QED) is 0.400. The number of aromatic nitrogens is 2. The number of furan rings is 1. The lowest BCUT2D eigenvalue weighted by Gasteiger charge is -2.36. The van der Waals surface area contributed by atoms with Gasteiger partial charge in [-0.2, -0.15) is 0 Å². The van der Waals surface area contributed by atoms with Gasteiger partial charge < -0.3 is 14.1 Å². The highest BCUT2D eigenvalue weighted by molar-refractivity contribution is 8.26. The Labute approximate surface area is 206 Å². The molecule has 2 aliphatic rings. The van der Waals surface area contributed by atoms with Gasteiger partial charge in [0.05, 0.1) is 35.5 Å². The topological polar surface area (TPSA) is 80.3 Å². The van der Waals surface area contributed by atoms with Crippen molar-refractivity contribution in [3.8, 4) is 0 Å². The van der Waals surface area contributed by atoms with Gasteiger partial charge in [-0.3, -0.25) is 18.9 Å². The number of hydrogen-bond acceptors (Lipinski definition) is 8. The molecule has 1 amide bonds. The Morgan fingerprint density at radius 1 is 1.21 bits per heavy atom. The molecule has 3 aromatic rings. The second-order valence-electron chi connectivity index (χ2n) is 8.60. The van der Waals surface area contributed by atoms with E-state index in [1.54, 1.807) is 30.7 Å². The predicted molar refractivity (Wildman–Crippen MR) is 136 cm³/mol. The zero-order chi connectivity index (χ0) is 24.0. The van der Waals surface area contributed by atoms with Crippen molar-refractivity contribution in [1.82, 2.24) is 14.3 Å². The van der Waals surface area contributed by atoms with E-state index in [-0.39, 0.29) is 30.2 Å². The minimum atomic E-state index is -0.255. The maximum atomic E-state index is 13.7. The molecule has 0 aliphatic carbocycles. The van der Waals surface area contributed by atoms with Crippen LogP contribution in [-0.4, -0.2) is 49.8 Å². The highest BCUT2D eigenvalue weighted by Crippen LogP contribution is 2.35. The lowest BCUT2D eigenvalue weighted by atomic mass is 10.1. The van der Waals surface area contributed by atoms with E-state index in [9.17, 15) is 9.59 Å². The summed E-state index contributed by atoms with van der Waals surface area (Å²) in [5.41, 5.74) is 1.63. The molecule has 2 fully saturated rings. The van der Waals surface area contributed by atoms with Crippen LogP contribution in [0.25, 0.3) is 11.7 Å². The van der Waals surface area contributed by atoms with E-state index < -0.39 is 0 Å². The summed E-state index contributed by atoms with van der Waals surface area (Å²) < 4.78 is 13.2. The van der Waals surface area contributed by atoms with E-state index in [0.29, 0.717) is 45.1 Å². The number of ether oxygens (including phenoxy) is 1. The summed E-state index contributed by atoms with van der Waals surface area (Å²) in [6, 6.07) is 7.32. The maximum Gasteiger partial charge on any atom is 0.267 e. The lowest BCUT2D eigenvalue weighted by molar-refractivity contribution is -0.122. The van der Waals surface area contributed by atoms with Crippen LogP contribution in [-0.2, 0) is 16.1 Å². The van der Waals surface area contributed by atoms with Gasteiger partial charge in [-0.25, -0.2) is 4.98 Å². The largest absolute Gasteiger partial charge is 0.467 e. The van der Waals surface area contributed by atoms with Crippen LogP contribution < -0.4 is 10.5 Å². The molecule has 176 valence electrons. The number of pyridine rings is 1. The molecule has 5 heterocycles. The van der Waals surface area contributed by atoms with Crippen LogP contribution in [0.1, 0.15) is 30.7 Å². The third kappa shape index (κ3) is 4.28. The molecular formula is C24H24N4O4S2. The van der Waals surface area contributed by atoms with Gasteiger partial charge in [0.2, 0.25) is 0 Å². The molecule has 34 heavy (non-hydrogen) atoms. The minimum Gasteiger partial charge on any atom is -0.467 e. The Morgan fingerprint density at radius 2 is 1.97 bits per heavy atom. The van der Waals surface area contributed by atoms with Gasteiger partial charge in [0.15, 0.2) is 0 Å². The molecule has 2 atom stereocenters. The highest BCUT2D eigenvalue weighted by atomic mass is 32.2. The molecule has 10 heteroatoms. The smallest absolute Gasteiger partial charge is 0.267 e. The number of thiocarbonyl (C=S) groups is 1. The van der Waals surface area contributed by atoms with Crippen molar-refractivity contribution < 1.29 is 13.9 Å². The number of rotatable bonds is 4. The number of nitrogens with zero attached hydrogens (tertiary/aromatic N) is 4. The summed E-state index contributed by atoms with van der Waals surface area (Å²) in [7, 11) is 0. The first kappa shape index (κ1) is 22.8. The van der Waals surface area contributed by atoms with Crippen LogP contribution >= 0.6 is 24.0 Å². The number of morpholine rings is 1. The number of hydrogen-bond donors (Lipinski definition) is 0. The number of amides is 1. The third-order valence-electron chi connectivity index (χ3n) is 5.75. The van der Waals surface area contributed by atoms with Gasteiger partial charge in [-0.05, 0) is 50.6 Å². The van der Waals surface area contributed by atoms with Crippen molar-refractivity contribution >= 4 is 51.7 Å². The van der Waals surface area contributed by atoms with Crippen LogP contribution in [0.5, 0.6) is 0 Å². The fourth-order valence-corrected chi connectivity index (χ4v) is 5.53. The van der Waals surface area contributed by atoms with Gasteiger partial charge >= 0.3 is 0 Å². The molecular weight excluding hydrogens is 472 g/mol. The van der Waals surface area contributed by atoms with Gasteiger partial charge in [-0.15, -0.1) is 0 Å². The van der Waals surface area contributed by atoms with Crippen molar-refractivity contribution in [2.45, 2.75) is 39.5 Å². The first-order chi connectivity index (χ1) is 16.3. The number of carbonyl (C=O) groups excluding carboxylic acids is 1. The number of carbonyl (C=O) groups is 1. The predicted octanol–water partition coefficient (Wildman–Crippen LogP) is 3.61. The number of aryl methyl sites for hydroxylation is 1. The Balaban J connectivity index is 1.61. The van der Waals surface area contributed by atoms with Crippen LogP contribution in [0.3, 0.4) is 0 Å². The van der Waals surface area contributed by atoms with E-state index in [0.717, 1.165) is 5.56 Å². The zero-order valence-corrected chi connectivity index (χ0v) is 20.7. The second-order valence-corrected chi connectivity index (χ2v) is 10.3. The highest BCUT2D eigenvalue weighted by Gasteiger charge is 2.34. The number of anilines is 1. The Bertz CT molecular complexity index is 1360. The average Bonchev–Trinajstić information content (AvgIpc) is 3.39. The molecule has 3 aromatic heterocycles. The molecule has 0 bridgehead atoms. The van der Waals surface area contributed by atoms with Gasteiger partial charge in [0.1, 0.15) is 21.5 Å². The molecule has 0 N–H and O–H groups in total. The number of fused-ring (bicyclic) bond motifs is 1. The molecule has 0 aromatic carbocycles. The van der Waals surface area contributed by atoms with Gasteiger partial charge in [0, 0.05) is 19.3 Å². The van der Waals surface area contributed by atoms with Crippen LogP contribution in [0, 0.1) is 6.92 Å². The standard InChI is InChI=1S/C24H24N4O4S2/c1-14-6-7-20-25-21(26-11-15(2)32-16(3)12-26)18(22(29)27(20)10-14)9-19-23(30)28(24(33)34-19)13-17-5-4-8-31-17/h4-10,15-16H,11-13H2,1-3H3/b19-9-/t15-,16+. The molecule has 0 unspecified atom stereocenters. The van der Waals surface area contributed by atoms with E-state index in [4.69, 9.17) is 26.4 Å². The monoisotopic (exact) mass is 496 g/mol. The molecule has 0 radical (unpaired) electrons. The normalized spacial score (nSPS) is 22.4. The fraction of sp³-hybridized carbons (Fsp3) is 0.333. The van der Waals surface area contributed by atoms with Gasteiger partial charge in [-0.1, -0.05) is 30.0 Å². The van der Waals surface area contributed by atoms with E-state index >= 15 is 0 Å². The Kier molecular flexibility index (Phi) is 6.05. The molecule has 0 saturated carbocycles. The average molecular weight is 497 g/mol. The van der Waals surface area contributed by atoms with Crippen molar-refractivity contribution in [3.05, 3.63) is 68.9 Å². The zero-order valence-electron chi connectivity index (χ0n) is 19.1. The summed E-state index contributed by atoms with van der Waals surface area (Å²) in [5, 5.41) is 0. The van der Waals surface area contributed by atoms with Crippen molar-refractivity contribution in [3.63, 3.8) is 0 Å². The SMILES string of the molecule is Cc1ccc2nc(N3C[C@@H](C)O[C@@H](C)C3)c(/C=C3\SC(=S)N(Cc4ccco4)C3=O)c(=O)n2c1. The first-order valence-electron chi connectivity index (χ1n) is 11.0. The Hall–Kier alpha value is -2.95. The van der Waals surface area contributed by atoms with E-state index in [2.05, 4.69) is 4.90 Å². The summed E-state index contributed by atoms with van der Waals surface area (Å²) in [4.78, 5) is 35.7. The minimum absolute atomic E-state index is 0.0126. The summed E-state index contributed by atoms with van der Waals surface area (Å²) in [5.74, 6) is 0.930. The molecule has 2 aliphatic heterocycles. The van der Waals surface area contributed by atoms with E-state index in [1.807, 2.05) is 32.9 Å². The summed E-state index contributed by atoms with van der Waals surface area (Å²) in [6.07, 6.45) is 4.93. The maximum absolute atomic E-state index is 13.7. The molecule has 0 spiro atoms. The first-order valence-corrected chi connectivity index (χ1v) is 12.2. The van der Waals surface area contributed by atoms with Crippen LogP contribution in [0.2, 0.25) is 0 Å². The van der Waals surface area contributed by atoms with Crippen molar-refractivity contribution in [2.75, 3.05) is 18.0 Å². The fourth-order valence-electron chi connectivity index (χ4n) is 4.29. The number of thioether (sulfide) groups is 1. The molecule has 2 saturated heterocycles.